The summed E-state index contributed by atoms with van der Waals surface area (Å²) in [7, 11) is 0. The van der Waals surface area contributed by atoms with Gasteiger partial charge in [0.2, 0.25) is 0 Å². The van der Waals surface area contributed by atoms with E-state index in [1.807, 2.05) is 30.3 Å². The number of rotatable bonds is 3. The van der Waals surface area contributed by atoms with Crippen LogP contribution in [0.3, 0.4) is 0 Å². The molecule has 1 amide bonds. The number of hydrogen-bond donors (Lipinski definition) is 2. The van der Waals surface area contributed by atoms with E-state index in [4.69, 9.17) is 4.42 Å². The van der Waals surface area contributed by atoms with Crippen molar-refractivity contribution in [2.24, 2.45) is 5.10 Å². The van der Waals surface area contributed by atoms with Crippen molar-refractivity contribution in [1.82, 2.24) is 5.43 Å². The molecular formula is C17H14N2O3. The lowest BCUT2D eigenvalue weighted by Gasteiger charge is -2.04. The van der Waals surface area contributed by atoms with Gasteiger partial charge in [-0.1, -0.05) is 30.3 Å². The predicted molar refractivity (Wildman–Crippen MR) is 84.1 cm³/mol. The number of phenolic OH excluding ortho intramolecular Hbond substituents is 1. The zero-order valence-electron chi connectivity index (χ0n) is 11.9. The number of carbonyl (C=O) groups excluding carboxylic acids is 1. The number of hydrogen-bond acceptors (Lipinski definition) is 4. The van der Waals surface area contributed by atoms with Crippen molar-refractivity contribution in [1.29, 1.82) is 0 Å². The standard InChI is InChI=1S/C17H14N2O3/c1-11-6-9-15(22-11)17(21)19-18-10-13-8-7-12-4-2-3-5-14(12)16(13)20/h2-10,20H,1H3,(H,19,21). The molecule has 0 saturated carbocycles. The van der Waals surface area contributed by atoms with Gasteiger partial charge in [-0.15, -0.1) is 0 Å². The summed E-state index contributed by atoms with van der Waals surface area (Å²) in [4.78, 5) is 11.8. The summed E-state index contributed by atoms with van der Waals surface area (Å²) in [6, 6.07) is 14.4. The van der Waals surface area contributed by atoms with Crippen LogP contribution in [0.4, 0.5) is 0 Å². The highest BCUT2D eigenvalue weighted by molar-refractivity contribution is 5.98. The number of nitrogens with one attached hydrogen (secondary N) is 1. The van der Waals surface area contributed by atoms with Crippen LogP contribution in [0.15, 0.2) is 58.0 Å². The molecule has 0 aliphatic rings. The monoisotopic (exact) mass is 294 g/mol. The fourth-order valence-electron chi connectivity index (χ4n) is 2.15. The first kappa shape index (κ1) is 13.9. The lowest BCUT2D eigenvalue weighted by molar-refractivity contribution is 0.0926. The Morgan fingerprint density at radius 2 is 2.00 bits per heavy atom. The molecule has 3 aromatic rings. The Morgan fingerprint density at radius 3 is 2.77 bits per heavy atom. The van der Waals surface area contributed by atoms with Gasteiger partial charge in [0.15, 0.2) is 5.76 Å². The molecule has 0 unspecified atom stereocenters. The number of hydrazone groups is 1. The summed E-state index contributed by atoms with van der Waals surface area (Å²) in [5.74, 6) is 0.535. The van der Waals surface area contributed by atoms with Crippen LogP contribution in [-0.4, -0.2) is 17.2 Å². The molecule has 5 heteroatoms. The minimum absolute atomic E-state index is 0.130. The number of fused-ring (bicyclic) bond motifs is 1. The first-order valence-electron chi connectivity index (χ1n) is 6.76. The van der Waals surface area contributed by atoms with Gasteiger partial charge in [0, 0.05) is 10.9 Å². The van der Waals surface area contributed by atoms with Crippen molar-refractivity contribution in [3.8, 4) is 5.75 Å². The average Bonchev–Trinajstić information content (AvgIpc) is 2.96. The number of nitrogens with zero attached hydrogens (tertiary/aromatic N) is 1. The quantitative estimate of drug-likeness (QED) is 0.575. The van der Waals surface area contributed by atoms with E-state index < -0.39 is 5.91 Å². The molecular weight excluding hydrogens is 280 g/mol. The summed E-state index contributed by atoms with van der Waals surface area (Å²) in [6.07, 6.45) is 1.40. The normalized spacial score (nSPS) is 11.1. The fraction of sp³-hybridized carbons (Fsp3) is 0.0588. The molecule has 1 aromatic heterocycles. The van der Waals surface area contributed by atoms with Crippen molar-refractivity contribution < 1.29 is 14.3 Å². The molecule has 0 atom stereocenters. The number of furan rings is 1. The zero-order chi connectivity index (χ0) is 15.5. The molecule has 2 aromatic carbocycles. The molecule has 1 heterocycles. The van der Waals surface area contributed by atoms with E-state index in [1.165, 1.54) is 6.21 Å². The van der Waals surface area contributed by atoms with E-state index in [1.54, 1.807) is 25.1 Å². The second kappa shape index (κ2) is 5.73. The number of carbonyl (C=O) groups is 1. The Balaban J connectivity index is 1.78. The smallest absolute Gasteiger partial charge is 0.307 e. The van der Waals surface area contributed by atoms with E-state index in [9.17, 15) is 9.90 Å². The third-order valence-electron chi connectivity index (χ3n) is 3.27. The summed E-state index contributed by atoms with van der Waals surface area (Å²) >= 11 is 0. The van der Waals surface area contributed by atoms with Crippen LogP contribution in [0.2, 0.25) is 0 Å². The van der Waals surface area contributed by atoms with E-state index in [2.05, 4.69) is 10.5 Å². The minimum Gasteiger partial charge on any atom is -0.507 e. The first-order chi connectivity index (χ1) is 10.6. The Labute approximate surface area is 126 Å². The van der Waals surface area contributed by atoms with Gasteiger partial charge in [0.25, 0.3) is 0 Å². The molecule has 0 fully saturated rings. The maximum absolute atomic E-state index is 11.8. The predicted octanol–water partition coefficient (Wildman–Crippen LogP) is 3.21. The summed E-state index contributed by atoms with van der Waals surface area (Å²) in [6.45, 7) is 1.76. The first-order valence-corrected chi connectivity index (χ1v) is 6.76. The summed E-state index contributed by atoms with van der Waals surface area (Å²) < 4.78 is 5.19. The second-order valence-electron chi connectivity index (χ2n) is 4.83. The van der Waals surface area contributed by atoms with E-state index >= 15 is 0 Å². The Bertz CT molecular complexity index is 865. The summed E-state index contributed by atoms with van der Waals surface area (Å²) in [5, 5.41) is 15.7. The van der Waals surface area contributed by atoms with Gasteiger partial charge in [-0.3, -0.25) is 4.79 Å². The topological polar surface area (TPSA) is 74.8 Å². The average molecular weight is 294 g/mol. The van der Waals surface area contributed by atoms with Crippen molar-refractivity contribution in [3.05, 3.63) is 65.6 Å². The van der Waals surface area contributed by atoms with Gasteiger partial charge in [-0.25, -0.2) is 5.43 Å². The van der Waals surface area contributed by atoms with Crippen molar-refractivity contribution in [2.45, 2.75) is 6.92 Å². The maximum atomic E-state index is 11.8. The molecule has 0 spiro atoms. The molecule has 0 saturated heterocycles. The maximum Gasteiger partial charge on any atom is 0.307 e. The van der Waals surface area contributed by atoms with Crippen LogP contribution in [0.1, 0.15) is 21.9 Å². The molecule has 0 aliphatic heterocycles. The third kappa shape index (κ3) is 2.69. The van der Waals surface area contributed by atoms with Crippen molar-refractivity contribution >= 4 is 22.9 Å². The van der Waals surface area contributed by atoms with Crippen LogP contribution in [0.25, 0.3) is 10.8 Å². The number of aryl methyl sites for hydroxylation is 1. The highest BCUT2D eigenvalue weighted by atomic mass is 16.3. The van der Waals surface area contributed by atoms with E-state index in [-0.39, 0.29) is 11.5 Å². The number of aromatic hydroxyl groups is 1. The second-order valence-corrected chi connectivity index (χ2v) is 4.83. The highest BCUT2D eigenvalue weighted by Gasteiger charge is 2.08. The molecule has 3 rings (SSSR count). The lowest BCUT2D eigenvalue weighted by Crippen LogP contribution is -2.16. The van der Waals surface area contributed by atoms with Crippen LogP contribution < -0.4 is 5.43 Å². The number of phenols is 1. The van der Waals surface area contributed by atoms with E-state index in [0.717, 1.165) is 10.8 Å². The van der Waals surface area contributed by atoms with Gasteiger partial charge >= 0.3 is 5.91 Å². The van der Waals surface area contributed by atoms with Crippen molar-refractivity contribution in [2.75, 3.05) is 0 Å². The molecule has 0 aliphatic carbocycles. The summed E-state index contributed by atoms with van der Waals surface area (Å²) in [5.41, 5.74) is 2.88. The lowest BCUT2D eigenvalue weighted by atomic mass is 10.1. The van der Waals surface area contributed by atoms with Crippen LogP contribution in [-0.2, 0) is 0 Å². The molecule has 0 radical (unpaired) electrons. The van der Waals surface area contributed by atoms with E-state index in [0.29, 0.717) is 11.3 Å². The number of benzene rings is 2. The van der Waals surface area contributed by atoms with Crippen LogP contribution in [0, 0.1) is 6.92 Å². The molecule has 0 bridgehead atoms. The molecule has 2 N–H and O–H groups in total. The molecule has 110 valence electrons. The largest absolute Gasteiger partial charge is 0.507 e. The van der Waals surface area contributed by atoms with Gasteiger partial charge in [0.1, 0.15) is 11.5 Å². The van der Waals surface area contributed by atoms with Gasteiger partial charge in [-0.2, -0.15) is 5.10 Å². The Hall–Kier alpha value is -3.08. The SMILES string of the molecule is Cc1ccc(C(=O)NN=Cc2ccc3ccccc3c2O)o1. The molecule has 22 heavy (non-hydrogen) atoms. The van der Waals surface area contributed by atoms with Gasteiger partial charge in [-0.05, 0) is 30.5 Å². The van der Waals surface area contributed by atoms with Gasteiger partial charge < -0.3 is 9.52 Å². The minimum atomic E-state index is -0.440. The molecule has 5 nitrogen and oxygen atoms in total. The Morgan fingerprint density at radius 1 is 1.18 bits per heavy atom. The van der Waals surface area contributed by atoms with Crippen LogP contribution in [0.5, 0.6) is 5.75 Å². The van der Waals surface area contributed by atoms with Crippen LogP contribution >= 0.6 is 0 Å². The Kier molecular flexibility index (Phi) is 3.62. The fourth-order valence-corrected chi connectivity index (χ4v) is 2.15. The highest BCUT2D eigenvalue weighted by Crippen LogP contribution is 2.27. The van der Waals surface area contributed by atoms with Crippen molar-refractivity contribution in [3.63, 3.8) is 0 Å². The number of amides is 1. The third-order valence-corrected chi connectivity index (χ3v) is 3.27. The zero-order valence-corrected chi connectivity index (χ0v) is 11.9. The van der Waals surface area contributed by atoms with Gasteiger partial charge in [0.05, 0.1) is 6.21 Å².